The molecule has 1 aromatic heterocycles. The highest BCUT2D eigenvalue weighted by Crippen LogP contribution is 2.22. The van der Waals surface area contributed by atoms with Crippen molar-refractivity contribution in [2.24, 2.45) is 12.2 Å². The molecule has 0 unspecified atom stereocenters. The van der Waals surface area contributed by atoms with E-state index in [-0.39, 0.29) is 0 Å². The predicted molar refractivity (Wildman–Crippen MR) is 62.9 cm³/mol. The first kappa shape index (κ1) is 11.2. The molecule has 0 atom stereocenters. The van der Waals surface area contributed by atoms with Gasteiger partial charge in [0.2, 0.25) is 0 Å². The van der Waals surface area contributed by atoms with Gasteiger partial charge >= 0.3 is 5.82 Å². The first-order valence-electron chi connectivity index (χ1n) is 5.15. The minimum atomic E-state index is 0.747. The van der Waals surface area contributed by atoms with E-state index in [1.165, 1.54) is 6.21 Å². The van der Waals surface area contributed by atoms with Crippen LogP contribution in [0.3, 0.4) is 0 Å². The van der Waals surface area contributed by atoms with Gasteiger partial charge in [-0.15, -0.1) is 0 Å². The van der Waals surface area contributed by atoms with Crippen LogP contribution in [-0.2, 0) is 7.05 Å². The quantitative estimate of drug-likeness (QED) is 0.373. The van der Waals surface area contributed by atoms with Gasteiger partial charge in [-0.1, -0.05) is 17.3 Å². The van der Waals surface area contributed by atoms with Crippen molar-refractivity contribution >= 4 is 6.21 Å². The Morgan fingerprint density at radius 1 is 1.41 bits per heavy atom. The number of para-hydroxylation sites is 2. The molecule has 2 rings (SSSR count). The lowest BCUT2D eigenvalue weighted by atomic mass is 10.3. The van der Waals surface area contributed by atoms with Gasteiger partial charge in [-0.2, -0.15) is 4.57 Å². The van der Waals surface area contributed by atoms with Crippen LogP contribution in [0.5, 0.6) is 5.75 Å². The number of rotatable bonds is 3. The van der Waals surface area contributed by atoms with Crippen molar-refractivity contribution in [2.75, 3.05) is 7.11 Å². The lowest BCUT2D eigenvalue weighted by Crippen LogP contribution is -2.31. The van der Waals surface area contributed by atoms with E-state index in [1.54, 1.807) is 7.11 Å². The summed E-state index contributed by atoms with van der Waals surface area (Å²) in [6.07, 6.45) is 5.14. The number of hydrogen-bond acceptors (Lipinski definition) is 3. The van der Waals surface area contributed by atoms with Crippen LogP contribution in [0.15, 0.2) is 41.8 Å². The molecule has 0 aliphatic carbocycles. The van der Waals surface area contributed by atoms with Crippen LogP contribution < -0.4 is 9.30 Å². The highest BCUT2D eigenvalue weighted by atomic mass is 16.5. The molecule has 0 saturated heterocycles. The summed E-state index contributed by atoms with van der Waals surface area (Å²) in [6, 6.07) is 7.66. The third-order valence-electron chi connectivity index (χ3n) is 2.57. The van der Waals surface area contributed by atoms with Gasteiger partial charge in [0, 0.05) is 0 Å². The molecule has 0 amide bonds. The third-order valence-corrected chi connectivity index (χ3v) is 2.57. The van der Waals surface area contributed by atoms with E-state index in [0.717, 1.165) is 17.3 Å². The van der Waals surface area contributed by atoms with Gasteiger partial charge in [0.05, 0.1) is 14.2 Å². The fourth-order valence-corrected chi connectivity index (χ4v) is 1.73. The Morgan fingerprint density at radius 3 is 2.88 bits per heavy atom. The van der Waals surface area contributed by atoms with Crippen molar-refractivity contribution in [3.8, 4) is 11.4 Å². The van der Waals surface area contributed by atoms with E-state index in [1.807, 2.05) is 52.8 Å². The summed E-state index contributed by atoms with van der Waals surface area (Å²) in [5.41, 5.74) is 0.894. The first-order valence-corrected chi connectivity index (χ1v) is 5.15. The maximum atomic E-state index is 8.67. The van der Waals surface area contributed by atoms with E-state index >= 15 is 0 Å². The molecule has 0 spiro atoms. The molecule has 17 heavy (non-hydrogen) atoms. The molecule has 1 aromatic carbocycles. The largest absolute Gasteiger partial charge is 0.492 e. The van der Waals surface area contributed by atoms with Crippen LogP contribution in [-0.4, -0.2) is 23.1 Å². The Morgan fingerprint density at radius 2 is 2.18 bits per heavy atom. The number of hydrogen-bond donors (Lipinski definition) is 1. The van der Waals surface area contributed by atoms with Gasteiger partial charge < -0.3 is 9.94 Å². The summed E-state index contributed by atoms with van der Waals surface area (Å²) >= 11 is 0. The van der Waals surface area contributed by atoms with Crippen LogP contribution >= 0.6 is 0 Å². The molecular formula is C12H14N3O2+. The fourth-order valence-electron chi connectivity index (χ4n) is 1.73. The Labute approximate surface area is 99.2 Å². The van der Waals surface area contributed by atoms with E-state index in [4.69, 9.17) is 9.94 Å². The van der Waals surface area contributed by atoms with Crippen LogP contribution in [0, 0.1) is 0 Å². The van der Waals surface area contributed by atoms with Gasteiger partial charge in [-0.05, 0) is 12.1 Å². The second kappa shape index (κ2) is 4.69. The second-order valence-electron chi connectivity index (χ2n) is 3.55. The second-order valence-corrected chi connectivity index (χ2v) is 3.55. The number of ether oxygens (including phenoxy) is 1. The number of benzene rings is 1. The molecule has 0 fully saturated rings. The third kappa shape index (κ3) is 1.99. The van der Waals surface area contributed by atoms with Gasteiger partial charge in [0.15, 0.2) is 17.7 Å². The van der Waals surface area contributed by atoms with Crippen molar-refractivity contribution in [2.45, 2.75) is 0 Å². The van der Waals surface area contributed by atoms with Crippen LogP contribution in [0.2, 0.25) is 0 Å². The summed E-state index contributed by atoms with van der Waals surface area (Å²) in [5.74, 6) is 1.51. The van der Waals surface area contributed by atoms with Gasteiger partial charge in [0.1, 0.15) is 12.4 Å². The SMILES string of the molecule is COc1ccccc1-n1cc[n+](C)c1/C=N\O. The molecule has 0 aliphatic rings. The summed E-state index contributed by atoms with van der Waals surface area (Å²) in [5, 5.41) is 11.7. The first-order chi connectivity index (χ1) is 8.27. The molecular weight excluding hydrogens is 218 g/mol. The maximum Gasteiger partial charge on any atom is 0.308 e. The fraction of sp³-hybridized carbons (Fsp3) is 0.167. The monoisotopic (exact) mass is 232 g/mol. The number of aryl methyl sites for hydroxylation is 1. The average Bonchev–Trinajstić information content (AvgIpc) is 2.72. The summed E-state index contributed by atoms with van der Waals surface area (Å²) in [7, 11) is 3.51. The highest BCUT2D eigenvalue weighted by molar-refractivity contribution is 5.74. The maximum absolute atomic E-state index is 8.67. The van der Waals surface area contributed by atoms with Crippen molar-refractivity contribution in [3.63, 3.8) is 0 Å². The van der Waals surface area contributed by atoms with E-state index in [0.29, 0.717) is 0 Å². The zero-order valence-corrected chi connectivity index (χ0v) is 9.74. The van der Waals surface area contributed by atoms with Crippen molar-refractivity contribution < 1.29 is 14.5 Å². The van der Waals surface area contributed by atoms with E-state index in [2.05, 4.69) is 5.16 Å². The summed E-state index contributed by atoms with van der Waals surface area (Å²) < 4.78 is 9.05. The Kier molecular flexibility index (Phi) is 3.09. The predicted octanol–water partition coefficient (Wildman–Crippen LogP) is 1.12. The van der Waals surface area contributed by atoms with Crippen LogP contribution in [0.4, 0.5) is 0 Å². The highest BCUT2D eigenvalue weighted by Gasteiger charge is 2.17. The topological polar surface area (TPSA) is 50.6 Å². The number of aromatic nitrogens is 2. The Bertz CT molecular complexity index is 546. The molecule has 1 N–H and O–H groups in total. The molecule has 0 aliphatic heterocycles. The molecule has 5 heteroatoms. The molecule has 0 saturated carbocycles. The Hall–Kier alpha value is -2.30. The van der Waals surface area contributed by atoms with E-state index < -0.39 is 0 Å². The number of oxime groups is 1. The van der Waals surface area contributed by atoms with E-state index in [9.17, 15) is 0 Å². The molecule has 1 heterocycles. The minimum absolute atomic E-state index is 0.747. The van der Waals surface area contributed by atoms with Crippen LogP contribution in [0.1, 0.15) is 5.82 Å². The number of methoxy groups -OCH3 is 1. The lowest BCUT2D eigenvalue weighted by molar-refractivity contribution is -0.671. The molecule has 0 bridgehead atoms. The molecule has 5 nitrogen and oxygen atoms in total. The minimum Gasteiger partial charge on any atom is -0.492 e. The van der Waals surface area contributed by atoms with Gasteiger partial charge in [0.25, 0.3) is 0 Å². The zero-order valence-electron chi connectivity index (χ0n) is 9.74. The van der Waals surface area contributed by atoms with Gasteiger partial charge in [-0.25, -0.2) is 4.57 Å². The summed E-state index contributed by atoms with van der Waals surface area (Å²) in [6.45, 7) is 0. The normalized spacial score (nSPS) is 10.9. The standard InChI is InChI=1S/C12H13N3O2/c1-14-7-8-15(12(14)9-13-16)10-5-3-4-6-11(10)17-2/h3-9H,1-2H3/p+1. The number of imidazole rings is 1. The van der Waals surface area contributed by atoms with Crippen molar-refractivity contribution in [3.05, 3.63) is 42.5 Å². The smallest absolute Gasteiger partial charge is 0.308 e. The average molecular weight is 232 g/mol. The van der Waals surface area contributed by atoms with Crippen molar-refractivity contribution in [1.82, 2.24) is 4.57 Å². The van der Waals surface area contributed by atoms with Gasteiger partial charge in [-0.3, -0.25) is 0 Å². The summed E-state index contributed by atoms with van der Waals surface area (Å²) in [4.78, 5) is 0. The zero-order chi connectivity index (χ0) is 12.3. The van der Waals surface area contributed by atoms with Crippen LogP contribution in [0.25, 0.3) is 5.69 Å². The van der Waals surface area contributed by atoms with Crippen molar-refractivity contribution in [1.29, 1.82) is 0 Å². The molecule has 0 radical (unpaired) electrons. The number of nitrogens with zero attached hydrogens (tertiary/aromatic N) is 3. The lowest BCUT2D eigenvalue weighted by Gasteiger charge is -2.04. The molecule has 2 aromatic rings. The Balaban J connectivity index is 2.60. The molecule has 88 valence electrons.